The maximum Gasteiger partial charge on any atom is 0.246 e. The highest BCUT2D eigenvalue weighted by Gasteiger charge is 2.16. The van der Waals surface area contributed by atoms with Crippen molar-refractivity contribution >= 4 is 39.1 Å². The molecule has 2 aromatic carbocycles. The molecule has 1 aliphatic heterocycles. The smallest absolute Gasteiger partial charge is 0.246 e. The van der Waals surface area contributed by atoms with Crippen LogP contribution in [0.15, 0.2) is 36.4 Å². The first kappa shape index (κ1) is 19.0. The van der Waals surface area contributed by atoms with Crippen LogP contribution in [0.4, 0.5) is 0 Å². The quantitative estimate of drug-likeness (QED) is 0.635. The zero-order chi connectivity index (χ0) is 19.3. The second-order valence-electron chi connectivity index (χ2n) is 6.27. The number of halogens is 1. The van der Waals surface area contributed by atoms with Crippen LogP contribution in [0.1, 0.15) is 10.6 Å². The molecule has 28 heavy (non-hydrogen) atoms. The Morgan fingerprint density at radius 1 is 1.25 bits per heavy atom. The van der Waals surface area contributed by atoms with E-state index >= 15 is 0 Å². The van der Waals surface area contributed by atoms with Gasteiger partial charge in [0.25, 0.3) is 0 Å². The molecule has 6 nitrogen and oxygen atoms in total. The number of carbonyl (C=O) groups excluding carboxylic acids is 1. The number of nitrogens with zero attached hydrogens (tertiary/aromatic N) is 1. The van der Waals surface area contributed by atoms with Crippen molar-refractivity contribution in [3.05, 3.63) is 52.0 Å². The molecule has 0 bridgehead atoms. The summed E-state index contributed by atoms with van der Waals surface area (Å²) in [6.45, 7) is 1.82. The van der Waals surface area contributed by atoms with Gasteiger partial charge in [0.05, 0.1) is 21.8 Å². The average molecular weight is 419 g/mol. The van der Waals surface area contributed by atoms with Gasteiger partial charge in [0.2, 0.25) is 5.91 Å². The Kier molecular flexibility index (Phi) is 5.95. The third-order valence-corrected chi connectivity index (χ3v) is 5.48. The van der Waals surface area contributed by atoms with Gasteiger partial charge in [-0.2, -0.15) is 0 Å². The van der Waals surface area contributed by atoms with Gasteiger partial charge in [0.15, 0.2) is 11.5 Å². The fourth-order valence-electron chi connectivity index (χ4n) is 2.92. The number of nitrogens with one attached hydrogen (secondary N) is 1. The lowest BCUT2D eigenvalue weighted by atomic mass is 10.1. The molecular formula is C20H19ClN2O4S. The van der Waals surface area contributed by atoms with Crippen LogP contribution in [0, 0.1) is 0 Å². The van der Waals surface area contributed by atoms with Crippen LogP contribution < -0.4 is 14.8 Å². The minimum atomic E-state index is -0.162. The van der Waals surface area contributed by atoms with Crippen LogP contribution in [0.2, 0.25) is 5.02 Å². The van der Waals surface area contributed by atoms with E-state index in [4.69, 9.17) is 25.8 Å². The lowest BCUT2D eigenvalue weighted by Gasteiger charge is -2.20. The summed E-state index contributed by atoms with van der Waals surface area (Å²) in [6, 6.07) is 11.7. The second-order valence-corrected chi connectivity index (χ2v) is 7.79. The van der Waals surface area contributed by atoms with Gasteiger partial charge < -0.3 is 19.5 Å². The van der Waals surface area contributed by atoms with Crippen molar-refractivity contribution in [1.82, 2.24) is 10.3 Å². The molecule has 0 fully saturated rings. The van der Waals surface area contributed by atoms with Crippen LogP contribution in [-0.4, -0.2) is 37.3 Å². The summed E-state index contributed by atoms with van der Waals surface area (Å²) in [5.41, 5.74) is 1.93. The van der Waals surface area contributed by atoms with Gasteiger partial charge >= 0.3 is 0 Å². The van der Waals surface area contributed by atoms with Crippen LogP contribution in [-0.2, 0) is 22.6 Å². The predicted molar refractivity (Wildman–Crippen MR) is 108 cm³/mol. The molecule has 0 saturated heterocycles. The van der Waals surface area contributed by atoms with E-state index in [2.05, 4.69) is 10.3 Å². The van der Waals surface area contributed by atoms with E-state index in [1.54, 1.807) is 11.3 Å². The second kappa shape index (κ2) is 8.77. The molecule has 1 amide bonds. The molecule has 3 aromatic rings. The average Bonchev–Trinajstić information content (AvgIpc) is 3.11. The monoisotopic (exact) mass is 418 g/mol. The van der Waals surface area contributed by atoms with Crippen molar-refractivity contribution in [2.45, 2.75) is 13.0 Å². The number of thiazole rings is 1. The Labute approximate surface area is 171 Å². The summed E-state index contributed by atoms with van der Waals surface area (Å²) in [5.74, 6) is 1.08. The minimum Gasteiger partial charge on any atom is -0.486 e. The number of hydrogen-bond donors (Lipinski definition) is 1. The molecule has 0 aliphatic carbocycles. The highest BCUT2D eigenvalue weighted by molar-refractivity contribution is 7.18. The normalized spacial score (nSPS) is 12.9. The van der Waals surface area contributed by atoms with Gasteiger partial charge in [-0.15, -0.1) is 11.3 Å². The van der Waals surface area contributed by atoms with Crippen molar-refractivity contribution in [1.29, 1.82) is 0 Å². The van der Waals surface area contributed by atoms with Gasteiger partial charge in [-0.1, -0.05) is 23.7 Å². The van der Waals surface area contributed by atoms with E-state index in [9.17, 15) is 4.79 Å². The minimum absolute atomic E-state index is 0.00216. The number of aromatic nitrogens is 1. The molecule has 0 spiro atoms. The van der Waals surface area contributed by atoms with Gasteiger partial charge in [-0.25, -0.2) is 4.98 Å². The Balaban J connectivity index is 1.21. The lowest BCUT2D eigenvalue weighted by molar-refractivity contribution is -0.126. The highest BCUT2D eigenvalue weighted by Crippen LogP contribution is 2.38. The Morgan fingerprint density at radius 2 is 2.11 bits per heavy atom. The maximum absolute atomic E-state index is 12.0. The molecule has 0 atom stereocenters. The first-order valence-corrected chi connectivity index (χ1v) is 10.2. The Bertz CT molecular complexity index is 958. The molecule has 1 aromatic heterocycles. The van der Waals surface area contributed by atoms with E-state index in [0.29, 0.717) is 49.3 Å². The van der Waals surface area contributed by atoms with E-state index in [1.807, 2.05) is 36.4 Å². The third kappa shape index (κ3) is 4.55. The largest absolute Gasteiger partial charge is 0.486 e. The zero-order valence-corrected chi connectivity index (χ0v) is 16.6. The number of carbonyl (C=O) groups is 1. The molecule has 0 saturated carbocycles. The highest BCUT2D eigenvalue weighted by atomic mass is 35.5. The molecule has 0 radical (unpaired) electrons. The molecule has 2 heterocycles. The van der Waals surface area contributed by atoms with E-state index in [0.717, 1.165) is 20.8 Å². The Morgan fingerprint density at radius 3 is 3.00 bits per heavy atom. The van der Waals surface area contributed by atoms with Gasteiger partial charge in [0, 0.05) is 6.54 Å². The van der Waals surface area contributed by atoms with Gasteiger partial charge in [-0.05, 0) is 36.2 Å². The SMILES string of the molecule is O=C(COCc1nc2ccccc2s1)NCCc1cc(Cl)c2c(c1)OCCO2. The molecule has 4 rings (SSSR count). The van der Waals surface area contributed by atoms with Crippen molar-refractivity contribution in [3.8, 4) is 11.5 Å². The number of benzene rings is 2. The molecule has 0 unspecified atom stereocenters. The number of ether oxygens (including phenoxy) is 3. The molecule has 8 heteroatoms. The van der Waals surface area contributed by atoms with E-state index in [1.165, 1.54) is 0 Å². The van der Waals surface area contributed by atoms with Crippen LogP contribution in [0.5, 0.6) is 11.5 Å². The summed E-state index contributed by atoms with van der Waals surface area (Å²) in [7, 11) is 0. The molecule has 1 N–H and O–H groups in total. The van der Waals surface area contributed by atoms with Crippen LogP contribution in [0.25, 0.3) is 10.2 Å². The number of para-hydroxylation sites is 1. The van der Waals surface area contributed by atoms with Crippen molar-refractivity contribution in [3.63, 3.8) is 0 Å². The lowest BCUT2D eigenvalue weighted by Crippen LogP contribution is -2.29. The fraction of sp³-hybridized carbons (Fsp3) is 0.300. The number of rotatable bonds is 7. The standard InChI is InChI=1S/C20H19ClN2O4S/c21-14-9-13(10-16-20(14)27-8-7-26-16)5-6-22-18(24)11-25-12-19-23-15-3-1-2-4-17(15)28-19/h1-4,9-10H,5-8,11-12H2,(H,22,24). The van der Waals surface area contributed by atoms with Gasteiger partial charge in [0.1, 0.15) is 24.8 Å². The number of amides is 1. The van der Waals surface area contributed by atoms with Crippen molar-refractivity contribution in [2.24, 2.45) is 0 Å². The summed E-state index contributed by atoms with van der Waals surface area (Å²) >= 11 is 7.80. The summed E-state index contributed by atoms with van der Waals surface area (Å²) in [4.78, 5) is 16.5. The topological polar surface area (TPSA) is 69.7 Å². The number of hydrogen-bond acceptors (Lipinski definition) is 6. The number of fused-ring (bicyclic) bond motifs is 2. The van der Waals surface area contributed by atoms with E-state index < -0.39 is 0 Å². The van der Waals surface area contributed by atoms with E-state index in [-0.39, 0.29) is 12.5 Å². The molecule has 146 valence electrons. The molecular weight excluding hydrogens is 400 g/mol. The van der Waals surface area contributed by atoms with Gasteiger partial charge in [-0.3, -0.25) is 4.79 Å². The summed E-state index contributed by atoms with van der Waals surface area (Å²) in [5, 5.41) is 4.23. The third-order valence-electron chi connectivity index (χ3n) is 4.19. The summed E-state index contributed by atoms with van der Waals surface area (Å²) in [6.07, 6.45) is 0.639. The predicted octanol–water partition coefficient (Wildman–Crippen LogP) is 3.60. The Hall–Kier alpha value is -2.35. The zero-order valence-electron chi connectivity index (χ0n) is 15.1. The van der Waals surface area contributed by atoms with Crippen molar-refractivity contribution < 1.29 is 19.0 Å². The summed E-state index contributed by atoms with van der Waals surface area (Å²) < 4.78 is 17.7. The van der Waals surface area contributed by atoms with Crippen molar-refractivity contribution in [2.75, 3.05) is 26.4 Å². The van der Waals surface area contributed by atoms with Crippen LogP contribution in [0.3, 0.4) is 0 Å². The fourth-order valence-corrected chi connectivity index (χ4v) is 4.11. The first-order valence-electron chi connectivity index (χ1n) is 8.96. The van der Waals surface area contributed by atoms with Crippen LogP contribution >= 0.6 is 22.9 Å². The first-order chi connectivity index (χ1) is 13.7. The molecule has 1 aliphatic rings. The maximum atomic E-state index is 12.0.